The molecule has 30 N–H and O–H groups in total. The minimum atomic E-state index is -3.68. The Balaban J connectivity index is 1.27. The van der Waals surface area contributed by atoms with E-state index < -0.39 is 345 Å². The van der Waals surface area contributed by atoms with Crippen LogP contribution in [0.25, 0.3) is 0 Å². The first-order valence-corrected chi connectivity index (χ1v) is 33.7. The Labute approximate surface area is 613 Å². The van der Waals surface area contributed by atoms with Crippen molar-refractivity contribution in [2.24, 2.45) is 0 Å². The third-order valence-electron chi connectivity index (χ3n) is 19.2. The maximum absolute atomic E-state index is 13.8. The van der Waals surface area contributed by atoms with E-state index in [9.17, 15) is 166 Å². The first-order valence-electron chi connectivity index (χ1n) is 33.7. The second kappa shape index (κ2) is 38.3. The van der Waals surface area contributed by atoms with E-state index in [1.165, 1.54) is 0 Å². The molecule has 0 unspecified atom stereocenters. The van der Waals surface area contributed by atoms with Crippen molar-refractivity contribution in [1.82, 2.24) is 21.3 Å². The van der Waals surface area contributed by atoms with Gasteiger partial charge >= 0.3 is 17.9 Å². The predicted molar refractivity (Wildman–Crippen MR) is 331 cm³/mol. The van der Waals surface area contributed by atoms with E-state index in [2.05, 4.69) is 16.0 Å². The summed E-state index contributed by atoms with van der Waals surface area (Å²) in [6.07, 6.45) is -78.2. The van der Waals surface area contributed by atoms with Crippen molar-refractivity contribution in [2.45, 2.75) is 272 Å². The zero-order valence-corrected chi connectivity index (χ0v) is 57.8. The van der Waals surface area contributed by atoms with Crippen LogP contribution in [0.4, 0.5) is 0 Å². The Morgan fingerprint density at radius 3 is 1.19 bits per heavy atom. The number of rotatable bonds is 33. The van der Waals surface area contributed by atoms with Crippen molar-refractivity contribution in [3.8, 4) is 0 Å². The van der Waals surface area contributed by atoms with Crippen LogP contribution in [0.1, 0.15) is 40.0 Å². The van der Waals surface area contributed by atoms with Gasteiger partial charge in [-0.2, -0.15) is 0 Å². The quantitative estimate of drug-likeness (QED) is 0.0290. The van der Waals surface area contributed by atoms with Gasteiger partial charge in [0, 0.05) is 40.0 Å². The lowest BCUT2D eigenvalue weighted by atomic mass is 9.87. The number of aliphatic hydroxyl groups is 23. The van der Waals surface area contributed by atoms with E-state index in [1.54, 1.807) is 0 Å². The second-order valence-electron chi connectivity index (χ2n) is 26.8. The maximum Gasteiger partial charge on any atom is 0.364 e. The SMILES string of the molecule is CC(=O)N[C@H]1[C@H](O[C@@H]2[C@H](O[C@]3(C(=O)O)C[C@H](O)[C@@H](NC(C)=O)[C@H]([C@H](O)[C@H](O)CO)O3)[C@@H](O)[C@H](O[C@H]3[C@H](O)[C@@H](O)[C@H](O)O[C@@H]3CO)O[C@@H]2CO)O[C@H](CO)[C@H](O)[C@@H]1O[C@@H]1O[C@H](CO)[C@H](O)[C@H](O[C@]2(C(=O)O)C[C@H](O)[C@@H](NC(=O)CO)[C@H]([C@H](O)[C@@H](CO)O[C@]3(C(=O)O)C[C@H](O)[C@@H](NC(C)=O)[C@H]([C@H](O)[C@H](O)CO)O3)O2)[C@H]1O. The van der Waals surface area contributed by atoms with Crippen LogP contribution in [0.2, 0.25) is 0 Å². The Morgan fingerprint density at radius 2 is 0.761 bits per heavy atom. The van der Waals surface area contributed by atoms with Gasteiger partial charge in [0.25, 0.3) is 17.4 Å². The van der Waals surface area contributed by atoms with Crippen LogP contribution in [0.3, 0.4) is 0 Å². The van der Waals surface area contributed by atoms with Crippen LogP contribution in [-0.2, 0) is 95.1 Å². The van der Waals surface area contributed by atoms with Crippen molar-refractivity contribution in [2.75, 3.05) is 52.9 Å². The third-order valence-corrected chi connectivity index (χ3v) is 19.2. The van der Waals surface area contributed by atoms with Crippen molar-refractivity contribution in [1.29, 1.82) is 0 Å². The molecule has 0 saturated carbocycles. The zero-order valence-electron chi connectivity index (χ0n) is 57.8. The summed E-state index contributed by atoms with van der Waals surface area (Å²) in [5.74, 6) is -22.0. The van der Waals surface area contributed by atoms with E-state index in [0.717, 1.165) is 20.8 Å². The first-order chi connectivity index (χ1) is 51.1. The smallest absolute Gasteiger partial charge is 0.364 e. The molecule has 628 valence electrons. The van der Waals surface area contributed by atoms with Gasteiger partial charge in [-0.25, -0.2) is 14.4 Å². The minimum absolute atomic E-state index is 0.803. The molecule has 0 radical (unpaired) electrons. The number of carbonyl (C=O) groups excluding carboxylic acids is 4. The van der Waals surface area contributed by atoms with Gasteiger partial charge in [-0.05, 0) is 0 Å². The van der Waals surface area contributed by atoms with Gasteiger partial charge in [0.05, 0.1) is 82.7 Å². The molecular formula is C59H96N4O46. The summed E-state index contributed by atoms with van der Waals surface area (Å²) in [6.45, 7) is -8.21. The van der Waals surface area contributed by atoms with Crippen molar-refractivity contribution in [3.63, 3.8) is 0 Å². The van der Waals surface area contributed by atoms with Gasteiger partial charge < -0.3 is 216 Å². The topological polar surface area (TPSA) is 814 Å². The van der Waals surface area contributed by atoms with Gasteiger partial charge in [0.15, 0.2) is 25.2 Å². The van der Waals surface area contributed by atoms with Crippen molar-refractivity contribution < 1.29 is 228 Å². The largest absolute Gasteiger partial charge is 0.477 e. The highest BCUT2D eigenvalue weighted by atomic mass is 16.8. The van der Waals surface area contributed by atoms with Crippen LogP contribution < -0.4 is 21.3 Å². The van der Waals surface area contributed by atoms with Gasteiger partial charge in [-0.15, -0.1) is 0 Å². The summed E-state index contributed by atoms with van der Waals surface area (Å²) in [7, 11) is 0. The summed E-state index contributed by atoms with van der Waals surface area (Å²) in [5, 5.41) is 295. The van der Waals surface area contributed by atoms with Crippen molar-refractivity contribution >= 4 is 41.5 Å². The number of carbonyl (C=O) groups is 7. The molecule has 0 aromatic rings. The fourth-order valence-corrected chi connectivity index (χ4v) is 13.7. The molecule has 38 atom stereocenters. The van der Waals surface area contributed by atoms with Crippen LogP contribution in [0.15, 0.2) is 0 Å². The highest BCUT2D eigenvalue weighted by Crippen LogP contribution is 2.44. The summed E-state index contributed by atoms with van der Waals surface area (Å²) in [4.78, 5) is 91.6. The summed E-state index contributed by atoms with van der Waals surface area (Å²) < 4.78 is 75.4. The maximum atomic E-state index is 13.8. The van der Waals surface area contributed by atoms with Gasteiger partial charge in [-0.3, -0.25) is 19.2 Å². The van der Waals surface area contributed by atoms with Gasteiger partial charge in [-0.1, -0.05) is 0 Å². The van der Waals surface area contributed by atoms with Crippen LogP contribution in [-0.4, -0.2) is 459 Å². The van der Waals surface area contributed by atoms with E-state index in [0.29, 0.717) is 0 Å². The van der Waals surface area contributed by atoms with Crippen molar-refractivity contribution in [3.05, 3.63) is 0 Å². The van der Waals surface area contributed by atoms with Crippen LogP contribution in [0, 0.1) is 0 Å². The molecule has 0 bridgehead atoms. The molecule has 7 aliphatic rings. The average Bonchev–Trinajstić information content (AvgIpc) is 0.750. The number of hydrogen-bond acceptors (Lipinski definition) is 43. The molecule has 50 nitrogen and oxygen atoms in total. The monoisotopic (exact) mass is 1600 g/mol. The molecule has 0 spiro atoms. The lowest BCUT2D eigenvalue weighted by molar-refractivity contribution is -0.404. The molecule has 0 aromatic heterocycles. The molecule has 7 rings (SSSR count). The summed E-state index contributed by atoms with van der Waals surface area (Å²) in [5.41, 5.74) is 0. The van der Waals surface area contributed by atoms with E-state index >= 15 is 0 Å². The Morgan fingerprint density at radius 1 is 0.394 bits per heavy atom. The Hall–Kier alpha value is -5.15. The third kappa shape index (κ3) is 19.8. The number of ether oxygens (including phenoxy) is 13. The van der Waals surface area contributed by atoms with Crippen LogP contribution in [0.5, 0.6) is 0 Å². The Kier molecular flexibility index (Phi) is 32.0. The number of carboxylic acids is 3. The highest BCUT2D eigenvalue weighted by molar-refractivity contribution is 5.79. The fraction of sp³-hybridized carbons (Fsp3) is 0.881. The summed E-state index contributed by atoms with van der Waals surface area (Å²) in [6, 6.07) is -8.16. The average molecular weight is 1600 g/mol. The molecular weight excluding hydrogens is 1500 g/mol. The lowest BCUT2D eigenvalue weighted by Gasteiger charge is -2.53. The normalized spacial score (nSPS) is 43.1. The van der Waals surface area contributed by atoms with E-state index in [4.69, 9.17) is 61.6 Å². The molecule has 109 heavy (non-hydrogen) atoms. The van der Waals surface area contributed by atoms with E-state index in [-0.39, 0.29) is 0 Å². The number of amides is 4. The molecule has 7 heterocycles. The molecule has 7 fully saturated rings. The van der Waals surface area contributed by atoms with Gasteiger partial charge in [0.1, 0.15) is 159 Å². The first kappa shape index (κ1) is 91.0. The van der Waals surface area contributed by atoms with Crippen LogP contribution >= 0.6 is 0 Å². The lowest BCUT2D eigenvalue weighted by Crippen LogP contribution is -2.73. The molecule has 0 aromatic carbocycles. The fourth-order valence-electron chi connectivity index (χ4n) is 13.7. The summed E-state index contributed by atoms with van der Waals surface area (Å²) >= 11 is 0. The Bertz CT molecular complexity index is 3030. The molecule has 7 saturated heterocycles. The molecule has 7 aliphatic heterocycles. The zero-order chi connectivity index (χ0) is 81.5. The standard InChI is InChI=1S/C59H96N4O46/c1-15(72)60-29-18(75)4-57(54(91)92,105-45(29)33(81)21(78)7-64)104-25(11-68)37(85)47-31(63-28(80)14-71)20(77)6-58(107-47,55(93)94)108-48-36(84)24(10-67)99-52(40(48)88)103-44-32(62-17(3)74)51(98-23(9-66)35(44)83)102-43-27(13-70)100-53(101-42-26(12-69)97-50(90)39(87)38(42)86)41(89)49(43)109-59(56(95)96)5-19(76)30(61-16(2)73)46(106-59)34(82)22(79)8-65/h18-27,29-53,64-71,75-79,81-90H,4-14H2,1-3H3,(H,60,72)(H,61,73)(H,62,74)(H,63,80)(H,91,92)(H,93,94)(H,95,96)/t18-,19-,20-,21+,22+,23+,24+,25+,26+,27+,29+,30+,31+,32+,33+,34+,35-,36-,37+,38+,39+,40+,41+,42+,43-,44+,45+,46+,47+,48-,49+,50+,51-,52-,53-,57+,58-,59-/m0/s1. The number of hydrogen-bond donors (Lipinski definition) is 30. The number of carboxylic acid groups (broad SMARTS) is 3. The highest BCUT2D eigenvalue weighted by Gasteiger charge is 2.66. The number of aliphatic hydroxyl groups excluding tert-OH is 23. The minimum Gasteiger partial charge on any atom is -0.477 e. The predicted octanol–water partition coefficient (Wildman–Crippen LogP) is -19.1. The molecule has 0 aliphatic carbocycles. The van der Waals surface area contributed by atoms with E-state index in [1.807, 2.05) is 5.32 Å². The second-order valence-corrected chi connectivity index (χ2v) is 26.8. The number of nitrogens with one attached hydrogen (secondary N) is 4. The molecule has 4 amide bonds. The number of aliphatic carboxylic acids is 3. The molecule has 50 heteroatoms. The van der Waals surface area contributed by atoms with Gasteiger partial charge in [0.2, 0.25) is 23.6 Å².